The minimum absolute atomic E-state index is 0.275. The van der Waals surface area contributed by atoms with Gasteiger partial charge in [0.25, 0.3) is 0 Å². The summed E-state index contributed by atoms with van der Waals surface area (Å²) in [6.45, 7) is 4.99. The van der Waals surface area contributed by atoms with Gasteiger partial charge in [0.1, 0.15) is 11.3 Å². The molecule has 1 unspecified atom stereocenters. The third-order valence-corrected chi connectivity index (χ3v) is 4.40. The van der Waals surface area contributed by atoms with Crippen LogP contribution in [0, 0.1) is 6.92 Å². The van der Waals surface area contributed by atoms with Crippen LogP contribution in [0.15, 0.2) is 18.2 Å². The fourth-order valence-electron chi connectivity index (χ4n) is 2.15. The van der Waals surface area contributed by atoms with Gasteiger partial charge >= 0.3 is 5.97 Å². The molecule has 0 aliphatic carbocycles. The van der Waals surface area contributed by atoms with Crippen LogP contribution in [0.3, 0.4) is 0 Å². The van der Waals surface area contributed by atoms with E-state index in [0.29, 0.717) is 10.8 Å². The van der Waals surface area contributed by atoms with Crippen LogP contribution in [0.4, 0.5) is 0 Å². The molecule has 102 valence electrons. The lowest BCUT2D eigenvalue weighted by Gasteiger charge is -2.10. The Morgan fingerprint density at radius 2 is 2.26 bits per heavy atom. The number of hydrogen-bond acceptors (Lipinski definition) is 3. The van der Waals surface area contributed by atoms with Gasteiger partial charge in [0, 0.05) is 11.8 Å². The minimum Gasteiger partial charge on any atom is -0.478 e. The fraction of sp³-hybridized carbons (Fsp3) is 0.429. The maximum Gasteiger partial charge on any atom is 0.337 e. The minimum atomic E-state index is -0.923. The Labute approximate surface area is 116 Å². The molecular formula is C14H18N2O2S. The number of aryl methyl sites for hydroxylation is 2. The van der Waals surface area contributed by atoms with E-state index in [9.17, 15) is 9.90 Å². The van der Waals surface area contributed by atoms with Crippen molar-refractivity contribution in [1.29, 1.82) is 0 Å². The van der Waals surface area contributed by atoms with Crippen molar-refractivity contribution in [2.75, 3.05) is 6.26 Å². The average molecular weight is 278 g/mol. The van der Waals surface area contributed by atoms with Gasteiger partial charge < -0.3 is 9.67 Å². The number of carbonyl (C=O) groups is 1. The smallest absolute Gasteiger partial charge is 0.337 e. The summed E-state index contributed by atoms with van der Waals surface area (Å²) >= 11 is 1.84. The van der Waals surface area contributed by atoms with Crippen LogP contribution in [0.25, 0.3) is 11.0 Å². The van der Waals surface area contributed by atoms with E-state index in [1.54, 1.807) is 12.1 Å². The van der Waals surface area contributed by atoms with Gasteiger partial charge in [-0.25, -0.2) is 9.78 Å². The molecule has 1 aromatic heterocycles. The van der Waals surface area contributed by atoms with Crippen molar-refractivity contribution in [3.05, 3.63) is 29.6 Å². The van der Waals surface area contributed by atoms with Crippen molar-refractivity contribution < 1.29 is 9.90 Å². The lowest BCUT2D eigenvalue weighted by atomic mass is 10.2. The lowest BCUT2D eigenvalue weighted by molar-refractivity contribution is 0.0699. The summed E-state index contributed by atoms with van der Waals surface area (Å²) in [6.07, 6.45) is 3.15. The largest absolute Gasteiger partial charge is 0.478 e. The van der Waals surface area contributed by atoms with Crippen LogP contribution in [-0.2, 0) is 6.54 Å². The predicted molar refractivity (Wildman–Crippen MR) is 79.0 cm³/mol. The number of imidazole rings is 1. The topological polar surface area (TPSA) is 55.1 Å². The van der Waals surface area contributed by atoms with Crippen LogP contribution < -0.4 is 0 Å². The number of fused-ring (bicyclic) bond motifs is 1. The monoisotopic (exact) mass is 278 g/mol. The van der Waals surface area contributed by atoms with E-state index in [-0.39, 0.29) is 5.56 Å². The normalized spacial score (nSPS) is 12.8. The SMILES string of the molecule is CSC(C)CCn1c(C)nc2c(C(=O)O)cccc21. The van der Waals surface area contributed by atoms with Gasteiger partial charge in [0.15, 0.2) is 0 Å². The third kappa shape index (κ3) is 2.76. The summed E-state index contributed by atoms with van der Waals surface area (Å²) in [6, 6.07) is 5.32. The maximum absolute atomic E-state index is 11.2. The zero-order chi connectivity index (χ0) is 14.0. The molecule has 2 rings (SSSR count). The first-order valence-electron chi connectivity index (χ1n) is 6.26. The van der Waals surface area contributed by atoms with Crippen LogP contribution in [0.2, 0.25) is 0 Å². The molecule has 0 aliphatic heterocycles. The van der Waals surface area contributed by atoms with Gasteiger partial charge in [0.2, 0.25) is 0 Å². The van der Waals surface area contributed by atoms with E-state index in [2.05, 4.69) is 22.7 Å². The second-order valence-corrected chi connectivity index (χ2v) is 5.90. The number of thioether (sulfide) groups is 1. The number of hydrogen-bond donors (Lipinski definition) is 1. The van der Waals surface area contributed by atoms with E-state index < -0.39 is 5.97 Å². The van der Waals surface area contributed by atoms with Gasteiger partial charge in [-0.05, 0) is 31.7 Å². The van der Waals surface area contributed by atoms with Crippen molar-refractivity contribution in [1.82, 2.24) is 9.55 Å². The molecule has 0 amide bonds. The van der Waals surface area contributed by atoms with Crippen molar-refractivity contribution in [2.45, 2.75) is 32.1 Å². The highest BCUT2D eigenvalue weighted by molar-refractivity contribution is 7.99. The molecule has 0 aliphatic rings. The van der Waals surface area contributed by atoms with Crippen LogP contribution >= 0.6 is 11.8 Å². The fourth-order valence-corrected chi connectivity index (χ4v) is 2.49. The zero-order valence-electron chi connectivity index (χ0n) is 11.4. The molecule has 1 aromatic carbocycles. The highest BCUT2D eigenvalue weighted by Crippen LogP contribution is 2.21. The van der Waals surface area contributed by atoms with Gasteiger partial charge in [-0.15, -0.1) is 0 Å². The highest BCUT2D eigenvalue weighted by atomic mass is 32.2. The van der Waals surface area contributed by atoms with Gasteiger partial charge in [-0.3, -0.25) is 0 Å². The molecule has 5 heteroatoms. The first kappa shape index (κ1) is 13.9. The molecule has 0 spiro atoms. The Morgan fingerprint density at radius 3 is 2.89 bits per heavy atom. The van der Waals surface area contributed by atoms with Crippen molar-refractivity contribution in [3.8, 4) is 0 Å². The molecule has 1 heterocycles. The molecule has 1 N–H and O–H groups in total. The van der Waals surface area contributed by atoms with Gasteiger partial charge in [-0.1, -0.05) is 13.0 Å². The maximum atomic E-state index is 11.2. The Kier molecular flexibility index (Phi) is 4.14. The summed E-state index contributed by atoms with van der Waals surface area (Å²) in [7, 11) is 0. The Bertz CT molecular complexity index is 607. The molecular weight excluding hydrogens is 260 g/mol. The summed E-state index contributed by atoms with van der Waals surface area (Å²) in [5.74, 6) is -0.0512. The number of carboxylic acids is 1. The van der Waals surface area contributed by atoms with E-state index in [0.717, 1.165) is 24.3 Å². The molecule has 0 saturated heterocycles. The quantitative estimate of drug-likeness (QED) is 0.912. The van der Waals surface area contributed by atoms with Crippen molar-refractivity contribution in [3.63, 3.8) is 0 Å². The first-order chi connectivity index (χ1) is 9.04. The number of carboxylic acid groups (broad SMARTS) is 1. The summed E-state index contributed by atoms with van der Waals surface area (Å²) in [5.41, 5.74) is 1.77. The Morgan fingerprint density at radius 1 is 1.53 bits per heavy atom. The van der Waals surface area contributed by atoms with E-state index in [1.807, 2.05) is 24.8 Å². The molecule has 4 nitrogen and oxygen atoms in total. The van der Waals surface area contributed by atoms with Crippen molar-refractivity contribution in [2.24, 2.45) is 0 Å². The molecule has 19 heavy (non-hydrogen) atoms. The van der Waals surface area contributed by atoms with Gasteiger partial charge in [-0.2, -0.15) is 11.8 Å². The Hall–Kier alpha value is -1.49. The zero-order valence-corrected chi connectivity index (χ0v) is 12.2. The average Bonchev–Trinajstić information content (AvgIpc) is 2.71. The molecule has 2 aromatic rings. The first-order valence-corrected chi connectivity index (χ1v) is 7.55. The van der Waals surface area contributed by atoms with Crippen molar-refractivity contribution >= 4 is 28.8 Å². The number of aromatic carboxylic acids is 1. The second-order valence-electron chi connectivity index (χ2n) is 4.62. The molecule has 1 atom stereocenters. The molecule has 0 fully saturated rings. The van der Waals surface area contributed by atoms with E-state index in [1.165, 1.54) is 0 Å². The van der Waals surface area contributed by atoms with Crippen LogP contribution in [-0.4, -0.2) is 32.1 Å². The van der Waals surface area contributed by atoms with Crippen LogP contribution in [0.1, 0.15) is 29.5 Å². The Balaban J connectivity index is 2.42. The molecule has 0 radical (unpaired) electrons. The predicted octanol–water partition coefficient (Wildman–Crippen LogP) is 3.18. The van der Waals surface area contributed by atoms with E-state index in [4.69, 9.17) is 0 Å². The number of aromatic nitrogens is 2. The summed E-state index contributed by atoms with van der Waals surface area (Å²) in [5, 5.41) is 9.77. The molecule has 0 saturated carbocycles. The second kappa shape index (κ2) is 5.65. The van der Waals surface area contributed by atoms with Crippen LogP contribution in [0.5, 0.6) is 0 Å². The highest BCUT2D eigenvalue weighted by Gasteiger charge is 2.15. The van der Waals surface area contributed by atoms with E-state index >= 15 is 0 Å². The lowest BCUT2D eigenvalue weighted by Crippen LogP contribution is -2.06. The third-order valence-electron chi connectivity index (χ3n) is 3.36. The number of para-hydroxylation sites is 1. The number of nitrogens with zero attached hydrogens (tertiary/aromatic N) is 2. The standard InChI is InChI=1S/C14H18N2O2S/c1-9(19-3)7-8-16-10(2)15-13-11(14(17)18)5-4-6-12(13)16/h4-6,9H,7-8H2,1-3H3,(H,17,18). The molecule has 0 bridgehead atoms. The van der Waals surface area contributed by atoms with Gasteiger partial charge in [0.05, 0.1) is 11.1 Å². The number of rotatable bonds is 5. The summed E-state index contributed by atoms with van der Waals surface area (Å²) < 4.78 is 2.11. The number of benzene rings is 1. The summed E-state index contributed by atoms with van der Waals surface area (Å²) in [4.78, 5) is 15.6.